The van der Waals surface area contributed by atoms with Crippen molar-refractivity contribution in [2.24, 2.45) is 0 Å². The number of hydrogen-bond donors (Lipinski definition) is 1. The predicted octanol–water partition coefficient (Wildman–Crippen LogP) is -1.40. The van der Waals surface area contributed by atoms with Gasteiger partial charge in [-0.3, -0.25) is 0 Å². The average Bonchev–Trinajstić information content (AvgIpc) is 2.46. The Morgan fingerprint density at radius 2 is 2.36 bits per heavy atom. The fraction of sp³-hybridized carbons (Fsp3) is 0.333. The van der Waals surface area contributed by atoms with Crippen LogP contribution >= 0.6 is 0 Å². The van der Waals surface area contributed by atoms with Gasteiger partial charge >= 0.3 is 11.7 Å². The number of nitrogens with zero attached hydrogens (tertiary/aromatic N) is 4. The molecule has 0 atom stereocenters. The summed E-state index contributed by atoms with van der Waals surface area (Å²) < 4.78 is 6.40. The van der Waals surface area contributed by atoms with Crippen molar-refractivity contribution in [1.29, 1.82) is 0 Å². The normalized spacial score (nSPS) is 10.9. The number of aliphatic carboxylic acids is 1. The van der Waals surface area contributed by atoms with E-state index in [2.05, 4.69) is 15.2 Å². The van der Waals surface area contributed by atoms with E-state index in [1.165, 1.54) is 7.11 Å². The van der Waals surface area contributed by atoms with Gasteiger partial charge in [0.2, 0.25) is 0 Å². The van der Waals surface area contributed by atoms with Crippen molar-refractivity contribution < 1.29 is 14.6 Å². The summed E-state index contributed by atoms with van der Waals surface area (Å²) in [5.74, 6) is -1.17. The third kappa shape index (κ3) is 2.26. The van der Waals surface area contributed by atoms with Crippen LogP contribution in [-0.2, 0) is 16.3 Å². The van der Waals surface area contributed by atoms with Gasteiger partial charge in [-0.25, -0.2) is 9.59 Å². The molecule has 0 saturated heterocycles. The Kier molecular flexibility index (Phi) is 3.13. The second kappa shape index (κ2) is 4.33. The molecule has 14 heavy (non-hydrogen) atoms. The van der Waals surface area contributed by atoms with Crippen LogP contribution in [0.3, 0.4) is 0 Å². The first-order chi connectivity index (χ1) is 6.65. The molecule has 76 valence electrons. The lowest BCUT2D eigenvalue weighted by atomic mass is 10.6. The third-order valence-corrected chi connectivity index (χ3v) is 1.27. The van der Waals surface area contributed by atoms with E-state index >= 15 is 0 Å². The molecule has 0 aliphatic rings. The highest BCUT2D eigenvalue weighted by Crippen LogP contribution is 1.79. The van der Waals surface area contributed by atoms with Gasteiger partial charge in [-0.2, -0.15) is 9.36 Å². The van der Waals surface area contributed by atoms with Gasteiger partial charge in [-0.15, -0.1) is 0 Å². The molecule has 1 aromatic rings. The summed E-state index contributed by atoms with van der Waals surface area (Å²) in [5, 5.41) is 15.1. The van der Waals surface area contributed by atoms with Crippen molar-refractivity contribution in [2.45, 2.75) is 6.73 Å². The van der Waals surface area contributed by atoms with E-state index in [0.717, 1.165) is 21.6 Å². The van der Waals surface area contributed by atoms with Crippen molar-refractivity contribution in [2.75, 3.05) is 7.11 Å². The van der Waals surface area contributed by atoms with Gasteiger partial charge < -0.3 is 9.84 Å². The van der Waals surface area contributed by atoms with Crippen LogP contribution in [0.4, 0.5) is 0 Å². The van der Waals surface area contributed by atoms with Gasteiger partial charge in [-0.05, 0) is 10.4 Å². The van der Waals surface area contributed by atoms with Gasteiger partial charge in [0.1, 0.15) is 6.73 Å². The largest absolute Gasteiger partial charge is 0.478 e. The molecule has 1 aromatic heterocycles. The molecular formula is C6H8N4O4. The third-order valence-electron chi connectivity index (χ3n) is 1.27. The van der Waals surface area contributed by atoms with Crippen molar-refractivity contribution >= 4 is 12.2 Å². The van der Waals surface area contributed by atoms with E-state index < -0.39 is 11.7 Å². The minimum absolute atomic E-state index is 0.0280. The minimum Gasteiger partial charge on any atom is -0.478 e. The molecular weight excluding hydrogens is 192 g/mol. The number of aromatic nitrogens is 4. The molecule has 0 radical (unpaired) electrons. The molecule has 0 saturated carbocycles. The highest BCUT2D eigenvalue weighted by atomic mass is 16.5. The highest BCUT2D eigenvalue weighted by Gasteiger charge is 2.02. The fourth-order valence-corrected chi connectivity index (χ4v) is 0.717. The van der Waals surface area contributed by atoms with E-state index in [4.69, 9.17) is 5.11 Å². The molecule has 0 fully saturated rings. The lowest BCUT2D eigenvalue weighted by Gasteiger charge is -1.91. The summed E-state index contributed by atoms with van der Waals surface area (Å²) >= 11 is 0. The predicted molar refractivity (Wildman–Crippen MR) is 44.3 cm³/mol. The van der Waals surface area contributed by atoms with E-state index in [0.29, 0.717) is 0 Å². The molecule has 8 nitrogen and oxygen atoms in total. The lowest BCUT2D eigenvalue weighted by Crippen LogP contribution is -2.23. The van der Waals surface area contributed by atoms with Crippen LogP contribution in [0.25, 0.3) is 6.20 Å². The molecule has 0 unspecified atom stereocenters. The van der Waals surface area contributed by atoms with Crippen LogP contribution in [-0.4, -0.2) is 38.0 Å². The second-order valence-corrected chi connectivity index (χ2v) is 2.28. The Morgan fingerprint density at radius 3 is 2.93 bits per heavy atom. The first-order valence-corrected chi connectivity index (χ1v) is 3.57. The highest BCUT2D eigenvalue weighted by molar-refractivity contribution is 5.82. The van der Waals surface area contributed by atoms with Gasteiger partial charge in [0.15, 0.2) is 0 Å². The van der Waals surface area contributed by atoms with Crippen molar-refractivity contribution in [3.8, 4) is 0 Å². The van der Waals surface area contributed by atoms with Crippen LogP contribution in [0.5, 0.6) is 0 Å². The molecule has 1 rings (SSSR count). The number of methoxy groups -OCH3 is 1. The SMILES string of the molecule is COCn1nnn(/C=C/C(=O)O)c1=O. The summed E-state index contributed by atoms with van der Waals surface area (Å²) in [5.41, 5.74) is -0.565. The summed E-state index contributed by atoms with van der Waals surface area (Å²) in [7, 11) is 1.40. The molecule has 0 spiro atoms. The van der Waals surface area contributed by atoms with Crippen LogP contribution in [0, 0.1) is 0 Å². The number of rotatable bonds is 4. The molecule has 1 N–H and O–H groups in total. The Balaban J connectivity index is 2.90. The van der Waals surface area contributed by atoms with Crippen molar-refractivity contribution in [1.82, 2.24) is 19.8 Å². The topological polar surface area (TPSA) is 99.2 Å². The molecule has 8 heteroatoms. The lowest BCUT2D eigenvalue weighted by molar-refractivity contribution is -0.131. The zero-order valence-electron chi connectivity index (χ0n) is 7.32. The molecule has 0 bridgehead atoms. The molecule has 0 aliphatic carbocycles. The summed E-state index contributed by atoms with van der Waals surface area (Å²) in [6.07, 6.45) is 1.79. The van der Waals surface area contributed by atoms with E-state index in [-0.39, 0.29) is 6.73 Å². The number of tetrazole rings is 1. The summed E-state index contributed by atoms with van der Waals surface area (Å²) in [6.45, 7) is -0.0280. The van der Waals surface area contributed by atoms with Gasteiger partial charge in [0.25, 0.3) is 0 Å². The molecule has 0 amide bonds. The Bertz CT molecular complexity index is 404. The maximum atomic E-state index is 11.2. The maximum absolute atomic E-state index is 11.2. The van der Waals surface area contributed by atoms with E-state index in [1.807, 2.05) is 0 Å². The minimum atomic E-state index is -1.17. The number of carboxylic acid groups (broad SMARTS) is 1. The van der Waals surface area contributed by atoms with Gasteiger partial charge in [0, 0.05) is 19.4 Å². The smallest absolute Gasteiger partial charge is 0.370 e. The molecule has 0 aromatic carbocycles. The number of ether oxygens (including phenoxy) is 1. The fourth-order valence-electron chi connectivity index (χ4n) is 0.717. The Hall–Kier alpha value is -1.96. The quantitative estimate of drug-likeness (QED) is 0.600. The first-order valence-electron chi connectivity index (χ1n) is 3.57. The standard InChI is InChI=1S/C6H8N4O4/c1-14-4-10-6(13)9(7-8-10)3-2-5(11)12/h2-3H,4H2,1H3,(H,11,12)/b3-2+. The van der Waals surface area contributed by atoms with E-state index in [9.17, 15) is 9.59 Å². The first kappa shape index (κ1) is 10.1. The summed E-state index contributed by atoms with van der Waals surface area (Å²) in [4.78, 5) is 21.4. The Morgan fingerprint density at radius 1 is 1.64 bits per heavy atom. The second-order valence-electron chi connectivity index (χ2n) is 2.28. The van der Waals surface area contributed by atoms with Crippen molar-refractivity contribution in [3.05, 3.63) is 16.6 Å². The van der Waals surface area contributed by atoms with Crippen LogP contribution in [0.2, 0.25) is 0 Å². The molecule has 0 aliphatic heterocycles. The Labute approximate surface area is 78.0 Å². The van der Waals surface area contributed by atoms with Crippen LogP contribution < -0.4 is 5.69 Å². The maximum Gasteiger partial charge on any atom is 0.370 e. The summed E-state index contributed by atoms with van der Waals surface area (Å²) in [6, 6.07) is 0. The van der Waals surface area contributed by atoms with Crippen LogP contribution in [0.15, 0.2) is 10.9 Å². The van der Waals surface area contributed by atoms with Crippen molar-refractivity contribution in [3.63, 3.8) is 0 Å². The zero-order chi connectivity index (χ0) is 10.6. The number of carbonyl (C=O) groups is 1. The van der Waals surface area contributed by atoms with Crippen LogP contribution in [0.1, 0.15) is 0 Å². The van der Waals surface area contributed by atoms with E-state index in [1.54, 1.807) is 0 Å². The zero-order valence-corrected chi connectivity index (χ0v) is 7.32. The molecule has 1 heterocycles. The van der Waals surface area contributed by atoms with Gasteiger partial charge in [-0.1, -0.05) is 0 Å². The van der Waals surface area contributed by atoms with Gasteiger partial charge in [0.05, 0.1) is 0 Å². The average molecular weight is 200 g/mol. The number of hydrogen-bond acceptors (Lipinski definition) is 5. The number of carboxylic acids is 1. The monoisotopic (exact) mass is 200 g/mol.